The third-order valence-electron chi connectivity index (χ3n) is 2.99. The van der Waals surface area contributed by atoms with Gasteiger partial charge in [0.25, 0.3) is 0 Å². The van der Waals surface area contributed by atoms with Gasteiger partial charge >= 0.3 is 5.97 Å². The van der Waals surface area contributed by atoms with Crippen LogP contribution in [-0.2, 0) is 9.53 Å². The lowest BCUT2D eigenvalue weighted by atomic mass is 10.2. The molecule has 1 heterocycles. The summed E-state index contributed by atoms with van der Waals surface area (Å²) >= 11 is 6.99. The summed E-state index contributed by atoms with van der Waals surface area (Å²) in [4.78, 5) is 29.5. The maximum Gasteiger partial charge on any atom is 0.351 e. The summed E-state index contributed by atoms with van der Waals surface area (Å²) in [6.45, 7) is 2.06. The SMILES string of the molecule is COC(=O)c1sc(N(C)CC(=O)Nc2ccc(C)cc2)nc1Cl. The fourth-order valence-electron chi connectivity index (χ4n) is 1.79. The molecule has 0 saturated heterocycles. The molecule has 0 aliphatic rings. The maximum absolute atomic E-state index is 12.1. The Morgan fingerprint density at radius 3 is 2.61 bits per heavy atom. The number of halogens is 1. The summed E-state index contributed by atoms with van der Waals surface area (Å²) in [6.07, 6.45) is 0. The molecule has 1 aromatic carbocycles. The van der Waals surface area contributed by atoms with E-state index in [1.165, 1.54) is 7.11 Å². The first-order chi connectivity index (χ1) is 10.9. The summed E-state index contributed by atoms with van der Waals surface area (Å²) < 4.78 is 4.63. The molecule has 0 unspecified atom stereocenters. The van der Waals surface area contributed by atoms with Gasteiger partial charge in [-0.2, -0.15) is 0 Å². The van der Waals surface area contributed by atoms with E-state index in [0.717, 1.165) is 22.6 Å². The highest BCUT2D eigenvalue weighted by Crippen LogP contribution is 2.29. The fourth-order valence-corrected chi connectivity index (χ4v) is 2.95. The zero-order valence-electron chi connectivity index (χ0n) is 12.9. The van der Waals surface area contributed by atoms with Gasteiger partial charge in [0.2, 0.25) is 5.91 Å². The van der Waals surface area contributed by atoms with Crippen LogP contribution in [0.25, 0.3) is 0 Å². The highest BCUT2D eigenvalue weighted by Gasteiger charge is 2.20. The van der Waals surface area contributed by atoms with E-state index in [1.54, 1.807) is 11.9 Å². The van der Waals surface area contributed by atoms with Crippen molar-refractivity contribution in [2.45, 2.75) is 6.92 Å². The number of nitrogens with zero attached hydrogens (tertiary/aromatic N) is 2. The average Bonchev–Trinajstić information content (AvgIpc) is 2.91. The minimum absolute atomic E-state index is 0.0719. The van der Waals surface area contributed by atoms with Crippen molar-refractivity contribution in [2.75, 3.05) is 30.9 Å². The second-order valence-electron chi connectivity index (χ2n) is 4.88. The van der Waals surface area contributed by atoms with Gasteiger partial charge in [0.05, 0.1) is 13.7 Å². The predicted molar refractivity (Wildman–Crippen MR) is 91.5 cm³/mol. The first kappa shape index (κ1) is 17.2. The molecule has 1 aromatic heterocycles. The number of amides is 1. The van der Waals surface area contributed by atoms with Crippen LogP contribution in [0.5, 0.6) is 0 Å². The van der Waals surface area contributed by atoms with Gasteiger partial charge in [-0.25, -0.2) is 9.78 Å². The Labute approximate surface area is 143 Å². The Morgan fingerprint density at radius 1 is 1.35 bits per heavy atom. The summed E-state index contributed by atoms with van der Waals surface area (Å²) in [7, 11) is 2.97. The Balaban J connectivity index is 2.01. The van der Waals surface area contributed by atoms with E-state index in [2.05, 4.69) is 15.0 Å². The fraction of sp³-hybridized carbons (Fsp3) is 0.267. The second-order valence-corrected chi connectivity index (χ2v) is 6.21. The van der Waals surface area contributed by atoms with Crippen LogP contribution in [0.15, 0.2) is 24.3 Å². The molecule has 0 bridgehead atoms. The van der Waals surface area contributed by atoms with E-state index >= 15 is 0 Å². The van der Waals surface area contributed by atoms with E-state index in [4.69, 9.17) is 11.6 Å². The van der Waals surface area contributed by atoms with Gasteiger partial charge in [0, 0.05) is 12.7 Å². The molecule has 0 radical (unpaired) electrons. The van der Waals surface area contributed by atoms with Gasteiger partial charge in [-0.15, -0.1) is 0 Å². The largest absolute Gasteiger partial charge is 0.465 e. The number of hydrogen-bond donors (Lipinski definition) is 1. The Bertz CT molecular complexity index is 715. The lowest BCUT2D eigenvalue weighted by Crippen LogP contribution is -2.29. The van der Waals surface area contributed by atoms with Crippen LogP contribution in [0.3, 0.4) is 0 Å². The van der Waals surface area contributed by atoms with Crippen molar-refractivity contribution in [2.24, 2.45) is 0 Å². The molecule has 2 rings (SSSR count). The zero-order chi connectivity index (χ0) is 17.0. The van der Waals surface area contributed by atoms with Crippen molar-refractivity contribution in [3.8, 4) is 0 Å². The molecule has 0 saturated carbocycles. The standard InChI is InChI=1S/C15H16ClN3O3S/c1-9-4-6-10(7-5-9)17-11(20)8-19(2)15-18-13(16)12(23-15)14(21)22-3/h4-7H,8H2,1-3H3,(H,17,20). The molecule has 8 heteroatoms. The molecule has 0 aliphatic heterocycles. The molecule has 0 spiro atoms. The van der Waals surface area contributed by atoms with Crippen molar-refractivity contribution in [3.63, 3.8) is 0 Å². The van der Waals surface area contributed by atoms with Gasteiger partial charge in [0.1, 0.15) is 0 Å². The van der Waals surface area contributed by atoms with Crippen molar-refractivity contribution < 1.29 is 14.3 Å². The molecular formula is C15H16ClN3O3S. The summed E-state index contributed by atoms with van der Waals surface area (Å²) in [5.41, 5.74) is 1.84. The molecule has 1 amide bonds. The highest BCUT2D eigenvalue weighted by atomic mass is 35.5. The van der Waals surface area contributed by atoms with Crippen molar-refractivity contribution in [1.29, 1.82) is 0 Å². The monoisotopic (exact) mass is 353 g/mol. The van der Waals surface area contributed by atoms with Crippen molar-refractivity contribution in [3.05, 3.63) is 39.9 Å². The molecule has 0 fully saturated rings. The number of nitrogens with one attached hydrogen (secondary N) is 1. The maximum atomic E-state index is 12.1. The number of hydrogen-bond acceptors (Lipinski definition) is 6. The number of esters is 1. The number of ether oxygens (including phenoxy) is 1. The van der Waals surface area contributed by atoms with Crippen LogP contribution in [0, 0.1) is 6.92 Å². The Morgan fingerprint density at radius 2 is 2.00 bits per heavy atom. The number of likely N-dealkylation sites (N-methyl/N-ethyl adjacent to an activating group) is 1. The smallest absolute Gasteiger partial charge is 0.351 e. The molecule has 1 N–H and O–H groups in total. The number of rotatable bonds is 5. The van der Waals surface area contributed by atoms with Gasteiger partial charge in [0.15, 0.2) is 15.2 Å². The molecular weight excluding hydrogens is 338 g/mol. The van der Waals surface area contributed by atoms with Crippen LogP contribution in [0.1, 0.15) is 15.2 Å². The minimum Gasteiger partial charge on any atom is -0.465 e. The first-order valence-corrected chi connectivity index (χ1v) is 7.92. The number of benzene rings is 1. The summed E-state index contributed by atoms with van der Waals surface area (Å²) in [5.74, 6) is -0.737. The van der Waals surface area contributed by atoms with Crippen LogP contribution < -0.4 is 10.2 Å². The molecule has 2 aromatic rings. The average molecular weight is 354 g/mol. The molecule has 0 atom stereocenters. The number of anilines is 2. The van der Waals surface area contributed by atoms with Crippen molar-refractivity contribution >= 4 is 45.6 Å². The van der Waals surface area contributed by atoms with Gasteiger partial charge in [-0.1, -0.05) is 40.6 Å². The number of carbonyl (C=O) groups is 2. The van der Waals surface area contributed by atoms with Crippen molar-refractivity contribution in [1.82, 2.24) is 4.98 Å². The number of carbonyl (C=O) groups excluding carboxylic acids is 2. The quantitative estimate of drug-likeness (QED) is 0.837. The molecule has 0 aliphatic carbocycles. The molecule has 6 nitrogen and oxygen atoms in total. The topological polar surface area (TPSA) is 71.5 Å². The number of aryl methyl sites for hydroxylation is 1. The van der Waals surface area contributed by atoms with Crippen LogP contribution >= 0.6 is 22.9 Å². The number of thiazole rings is 1. The lowest BCUT2D eigenvalue weighted by molar-refractivity contribution is -0.114. The summed E-state index contributed by atoms with van der Waals surface area (Å²) in [6, 6.07) is 7.51. The molecule has 23 heavy (non-hydrogen) atoms. The highest BCUT2D eigenvalue weighted by molar-refractivity contribution is 7.18. The Hall–Kier alpha value is -2.12. The van der Waals surface area contributed by atoms with Gasteiger partial charge < -0.3 is 15.0 Å². The van der Waals surface area contributed by atoms with Gasteiger partial charge in [-0.05, 0) is 19.1 Å². The van der Waals surface area contributed by atoms with E-state index in [9.17, 15) is 9.59 Å². The minimum atomic E-state index is -0.545. The second kappa shape index (κ2) is 7.43. The van der Waals surface area contributed by atoms with E-state index in [-0.39, 0.29) is 22.5 Å². The van der Waals surface area contributed by atoms with Crippen LogP contribution in [0.4, 0.5) is 10.8 Å². The van der Waals surface area contributed by atoms with E-state index in [1.807, 2.05) is 31.2 Å². The van der Waals surface area contributed by atoms with E-state index < -0.39 is 5.97 Å². The summed E-state index contributed by atoms with van der Waals surface area (Å²) in [5, 5.41) is 3.34. The van der Waals surface area contributed by atoms with Gasteiger partial charge in [-0.3, -0.25) is 4.79 Å². The Kier molecular flexibility index (Phi) is 5.57. The molecule has 122 valence electrons. The predicted octanol–water partition coefficient (Wildman–Crippen LogP) is 2.97. The van der Waals surface area contributed by atoms with E-state index in [0.29, 0.717) is 5.13 Å². The first-order valence-electron chi connectivity index (χ1n) is 6.73. The number of aromatic nitrogens is 1. The normalized spacial score (nSPS) is 10.3. The number of methoxy groups -OCH3 is 1. The third-order valence-corrected chi connectivity index (χ3v) is 4.52. The lowest BCUT2D eigenvalue weighted by Gasteiger charge is -2.15. The van der Waals surface area contributed by atoms with Crippen LogP contribution in [0.2, 0.25) is 5.15 Å². The van der Waals surface area contributed by atoms with Crippen LogP contribution in [-0.4, -0.2) is 37.6 Å². The zero-order valence-corrected chi connectivity index (χ0v) is 14.5. The third kappa shape index (κ3) is 4.43.